The summed E-state index contributed by atoms with van der Waals surface area (Å²) in [5.41, 5.74) is 2.80. The van der Waals surface area contributed by atoms with Crippen molar-refractivity contribution in [3.8, 4) is 0 Å². The van der Waals surface area contributed by atoms with Crippen molar-refractivity contribution in [2.45, 2.75) is 45.6 Å². The van der Waals surface area contributed by atoms with E-state index in [-0.39, 0.29) is 10.9 Å². The van der Waals surface area contributed by atoms with Crippen LogP contribution in [0.5, 0.6) is 0 Å². The highest BCUT2D eigenvalue weighted by Crippen LogP contribution is 2.25. The third-order valence-electron chi connectivity index (χ3n) is 3.35. The SMILES string of the molecule is Cc1cc(S(N)(=O)=O)cc(NC(C)C(C)C)c1C. The number of hydrogen-bond donors (Lipinski definition) is 2. The molecule has 3 N–H and O–H groups in total. The summed E-state index contributed by atoms with van der Waals surface area (Å²) in [7, 11) is -3.66. The molecule has 1 rings (SSSR count). The first-order valence-corrected chi connectivity index (χ1v) is 7.58. The van der Waals surface area contributed by atoms with E-state index >= 15 is 0 Å². The monoisotopic (exact) mass is 270 g/mol. The molecule has 0 radical (unpaired) electrons. The molecule has 5 heteroatoms. The summed E-state index contributed by atoms with van der Waals surface area (Å²) in [6.07, 6.45) is 0. The third-order valence-corrected chi connectivity index (χ3v) is 4.25. The van der Waals surface area contributed by atoms with Gasteiger partial charge in [0.05, 0.1) is 4.90 Å². The second-order valence-electron chi connectivity index (χ2n) is 5.13. The first-order chi connectivity index (χ1) is 8.12. The zero-order chi connectivity index (χ0) is 14.1. The molecule has 0 aromatic heterocycles. The lowest BCUT2D eigenvalue weighted by molar-refractivity contribution is 0.559. The Bertz CT molecular complexity index is 536. The van der Waals surface area contributed by atoms with Gasteiger partial charge >= 0.3 is 0 Å². The van der Waals surface area contributed by atoms with Gasteiger partial charge in [-0.1, -0.05) is 13.8 Å². The minimum Gasteiger partial charge on any atom is -0.382 e. The lowest BCUT2D eigenvalue weighted by Gasteiger charge is -2.21. The predicted octanol–water partition coefficient (Wildman–Crippen LogP) is 2.41. The molecule has 0 heterocycles. The molecular formula is C13H22N2O2S. The Labute approximate surface area is 110 Å². The first kappa shape index (κ1) is 15.0. The number of primary sulfonamides is 1. The van der Waals surface area contributed by atoms with Crippen molar-refractivity contribution >= 4 is 15.7 Å². The van der Waals surface area contributed by atoms with Crippen LogP contribution in [0.4, 0.5) is 5.69 Å². The molecule has 0 saturated heterocycles. The number of sulfonamides is 1. The first-order valence-electron chi connectivity index (χ1n) is 6.03. The van der Waals surface area contributed by atoms with Gasteiger partial charge in [-0.2, -0.15) is 0 Å². The number of anilines is 1. The fraction of sp³-hybridized carbons (Fsp3) is 0.538. The van der Waals surface area contributed by atoms with Crippen LogP contribution in [0.25, 0.3) is 0 Å². The van der Waals surface area contributed by atoms with Crippen LogP contribution in [0.15, 0.2) is 17.0 Å². The van der Waals surface area contributed by atoms with Gasteiger partial charge in [0.15, 0.2) is 0 Å². The maximum absolute atomic E-state index is 11.4. The number of nitrogens with two attached hydrogens (primary N) is 1. The maximum atomic E-state index is 11.4. The molecule has 0 aliphatic heterocycles. The number of rotatable bonds is 4. The molecule has 4 nitrogen and oxygen atoms in total. The van der Waals surface area contributed by atoms with E-state index < -0.39 is 10.0 Å². The number of nitrogens with one attached hydrogen (secondary N) is 1. The quantitative estimate of drug-likeness (QED) is 0.882. The highest BCUT2D eigenvalue weighted by molar-refractivity contribution is 7.89. The Hall–Kier alpha value is -1.07. The van der Waals surface area contributed by atoms with Crippen molar-refractivity contribution in [2.75, 3.05) is 5.32 Å². The van der Waals surface area contributed by atoms with Crippen LogP contribution in [0.3, 0.4) is 0 Å². The molecule has 0 fully saturated rings. The Balaban J connectivity index is 3.23. The summed E-state index contributed by atoms with van der Waals surface area (Å²) in [4.78, 5) is 0.157. The van der Waals surface area contributed by atoms with Crippen molar-refractivity contribution in [3.63, 3.8) is 0 Å². The summed E-state index contributed by atoms with van der Waals surface area (Å²) >= 11 is 0. The van der Waals surface area contributed by atoms with Crippen molar-refractivity contribution in [3.05, 3.63) is 23.3 Å². The van der Waals surface area contributed by atoms with Crippen molar-refractivity contribution < 1.29 is 8.42 Å². The summed E-state index contributed by atoms with van der Waals surface area (Å²) in [5, 5.41) is 8.52. The Morgan fingerprint density at radius 3 is 2.17 bits per heavy atom. The van der Waals surface area contributed by atoms with Gasteiger partial charge in [0.25, 0.3) is 0 Å². The molecule has 0 saturated carbocycles. The van der Waals surface area contributed by atoms with Crippen LogP contribution in [0, 0.1) is 19.8 Å². The van der Waals surface area contributed by atoms with Crippen LogP contribution in [-0.2, 0) is 10.0 Å². The third kappa shape index (κ3) is 3.46. The molecular weight excluding hydrogens is 248 g/mol. The highest BCUT2D eigenvalue weighted by Gasteiger charge is 2.14. The van der Waals surface area contributed by atoms with E-state index in [2.05, 4.69) is 26.1 Å². The van der Waals surface area contributed by atoms with Crippen LogP contribution >= 0.6 is 0 Å². The number of benzene rings is 1. The van der Waals surface area contributed by atoms with Gasteiger partial charge in [0, 0.05) is 11.7 Å². The Morgan fingerprint density at radius 2 is 1.72 bits per heavy atom. The molecule has 1 unspecified atom stereocenters. The normalized spacial score (nSPS) is 13.7. The Morgan fingerprint density at radius 1 is 1.17 bits per heavy atom. The van der Waals surface area contributed by atoms with E-state index in [9.17, 15) is 8.42 Å². The van der Waals surface area contributed by atoms with Crippen molar-refractivity contribution in [1.29, 1.82) is 0 Å². The average molecular weight is 270 g/mol. The van der Waals surface area contributed by atoms with Gasteiger partial charge in [0.2, 0.25) is 10.0 Å². The van der Waals surface area contributed by atoms with E-state index in [4.69, 9.17) is 5.14 Å². The highest BCUT2D eigenvalue weighted by atomic mass is 32.2. The predicted molar refractivity (Wildman–Crippen MR) is 75.2 cm³/mol. The fourth-order valence-electron chi connectivity index (χ4n) is 1.55. The van der Waals surface area contributed by atoms with Crippen molar-refractivity contribution in [2.24, 2.45) is 11.1 Å². The van der Waals surface area contributed by atoms with Crippen LogP contribution in [0.1, 0.15) is 31.9 Å². The van der Waals surface area contributed by atoms with Gasteiger partial charge in [-0.05, 0) is 49.9 Å². The molecule has 18 heavy (non-hydrogen) atoms. The lowest BCUT2D eigenvalue weighted by Crippen LogP contribution is -2.22. The van der Waals surface area contributed by atoms with Crippen LogP contribution in [-0.4, -0.2) is 14.5 Å². The molecule has 0 aliphatic rings. The molecule has 0 amide bonds. The van der Waals surface area contributed by atoms with Gasteiger partial charge in [0.1, 0.15) is 0 Å². The number of hydrogen-bond acceptors (Lipinski definition) is 3. The molecule has 1 aromatic carbocycles. The molecule has 0 aliphatic carbocycles. The van der Waals surface area contributed by atoms with Gasteiger partial charge in [-0.3, -0.25) is 0 Å². The maximum Gasteiger partial charge on any atom is 0.238 e. The fourth-order valence-corrected chi connectivity index (χ4v) is 2.18. The number of aryl methyl sites for hydroxylation is 1. The smallest absolute Gasteiger partial charge is 0.238 e. The van der Waals surface area contributed by atoms with Gasteiger partial charge in [-0.15, -0.1) is 0 Å². The van der Waals surface area contributed by atoms with E-state index in [1.807, 2.05) is 13.8 Å². The van der Waals surface area contributed by atoms with E-state index in [0.29, 0.717) is 5.92 Å². The minimum absolute atomic E-state index is 0.157. The zero-order valence-corrected chi connectivity index (χ0v) is 12.4. The minimum atomic E-state index is -3.66. The topological polar surface area (TPSA) is 72.2 Å². The van der Waals surface area contributed by atoms with Crippen molar-refractivity contribution in [1.82, 2.24) is 0 Å². The van der Waals surface area contributed by atoms with E-state index in [0.717, 1.165) is 16.8 Å². The summed E-state index contributed by atoms with van der Waals surface area (Å²) < 4.78 is 22.8. The molecule has 102 valence electrons. The zero-order valence-electron chi connectivity index (χ0n) is 11.6. The van der Waals surface area contributed by atoms with Crippen LogP contribution in [0.2, 0.25) is 0 Å². The Kier molecular flexibility index (Phi) is 4.40. The summed E-state index contributed by atoms with van der Waals surface area (Å²) in [6.45, 7) is 10.2. The molecule has 0 bridgehead atoms. The van der Waals surface area contributed by atoms with E-state index in [1.54, 1.807) is 12.1 Å². The summed E-state index contributed by atoms with van der Waals surface area (Å²) in [5.74, 6) is 0.461. The second kappa shape index (κ2) is 5.28. The molecule has 0 spiro atoms. The molecule has 1 atom stereocenters. The summed E-state index contributed by atoms with van der Waals surface area (Å²) in [6, 6.07) is 3.48. The van der Waals surface area contributed by atoms with Gasteiger partial charge < -0.3 is 5.32 Å². The van der Waals surface area contributed by atoms with E-state index in [1.165, 1.54) is 0 Å². The van der Waals surface area contributed by atoms with Crippen LogP contribution < -0.4 is 10.5 Å². The standard InChI is InChI=1S/C13H22N2O2S/c1-8(2)11(5)15-13-7-12(18(14,16)17)6-9(3)10(13)4/h6-8,11,15H,1-5H3,(H2,14,16,17). The second-order valence-corrected chi connectivity index (χ2v) is 6.70. The van der Waals surface area contributed by atoms with Gasteiger partial charge in [-0.25, -0.2) is 13.6 Å². The lowest BCUT2D eigenvalue weighted by atomic mass is 10.0. The average Bonchev–Trinajstić information content (AvgIpc) is 2.22. The largest absolute Gasteiger partial charge is 0.382 e. The molecule has 1 aromatic rings.